The van der Waals surface area contributed by atoms with E-state index in [2.05, 4.69) is 18.9 Å². The van der Waals surface area contributed by atoms with Gasteiger partial charge in [-0.2, -0.15) is 0 Å². The molecule has 59 valence electrons. The summed E-state index contributed by atoms with van der Waals surface area (Å²) in [6.45, 7) is 3.40. The normalized spacial score (nSPS) is 21.9. The second-order valence-electron chi connectivity index (χ2n) is 3.14. The molecule has 0 aliphatic heterocycles. The van der Waals surface area contributed by atoms with Crippen molar-refractivity contribution in [2.45, 2.75) is 39.0 Å². The maximum absolute atomic E-state index is 2.40. The molecule has 0 heterocycles. The molecule has 0 N–H and O–H groups in total. The van der Waals surface area contributed by atoms with Gasteiger partial charge in [-0.1, -0.05) is 26.2 Å². The van der Waals surface area contributed by atoms with Crippen LogP contribution < -0.4 is 0 Å². The second-order valence-corrected chi connectivity index (χ2v) is 3.14. The Hall–Kier alpha value is -0.0400. The van der Waals surface area contributed by atoms with Crippen molar-refractivity contribution in [1.29, 1.82) is 0 Å². The van der Waals surface area contributed by atoms with Gasteiger partial charge in [-0.3, -0.25) is 4.90 Å². The van der Waals surface area contributed by atoms with E-state index >= 15 is 0 Å². The zero-order valence-electron chi connectivity index (χ0n) is 7.19. The van der Waals surface area contributed by atoms with Crippen LogP contribution in [0.4, 0.5) is 0 Å². The number of hydrogen-bond donors (Lipinski definition) is 0. The lowest BCUT2D eigenvalue weighted by atomic mass is 9.95. The van der Waals surface area contributed by atoms with Gasteiger partial charge in [0, 0.05) is 6.04 Å². The fourth-order valence-corrected chi connectivity index (χ4v) is 1.57. The van der Waals surface area contributed by atoms with Crippen molar-refractivity contribution in [2.24, 2.45) is 0 Å². The number of nitrogens with zero attached hydrogens (tertiary/aromatic N) is 1. The van der Waals surface area contributed by atoms with Crippen LogP contribution in [0.3, 0.4) is 0 Å². The molecule has 0 unspecified atom stereocenters. The van der Waals surface area contributed by atoms with Crippen LogP contribution in [0, 0.1) is 6.04 Å². The maximum atomic E-state index is 2.40. The fraction of sp³-hybridized carbons (Fsp3) is 0.889. The molecule has 1 aliphatic carbocycles. The van der Waals surface area contributed by atoms with E-state index in [1.165, 1.54) is 38.6 Å². The molecular weight excluding hydrogens is 122 g/mol. The minimum Gasteiger partial charge on any atom is -0.299 e. The van der Waals surface area contributed by atoms with Crippen LogP contribution in [0.2, 0.25) is 0 Å². The standard InChI is InChI=1S/C9H18N/c1-3-10(2)9-7-5-4-6-8-9/h3-8H2,1-2H3. The van der Waals surface area contributed by atoms with Gasteiger partial charge in [-0.05, 0) is 26.4 Å². The molecule has 0 amide bonds. The van der Waals surface area contributed by atoms with Crippen LogP contribution in [-0.4, -0.2) is 18.5 Å². The molecule has 0 aromatic carbocycles. The smallest absolute Gasteiger partial charge is 0.0389 e. The molecular formula is C9H18N. The predicted octanol–water partition coefficient (Wildman–Crippen LogP) is 2.43. The molecule has 1 radical (unpaired) electrons. The molecule has 1 rings (SSSR count). The zero-order valence-corrected chi connectivity index (χ0v) is 7.19. The summed E-state index contributed by atoms with van der Waals surface area (Å²) in [5.74, 6) is 0. The molecule has 0 bridgehead atoms. The van der Waals surface area contributed by atoms with Crippen LogP contribution in [0.15, 0.2) is 0 Å². The number of rotatable bonds is 2. The Kier molecular flexibility index (Phi) is 3.20. The maximum Gasteiger partial charge on any atom is 0.0389 e. The molecule has 0 aromatic heterocycles. The van der Waals surface area contributed by atoms with Crippen molar-refractivity contribution in [3.63, 3.8) is 0 Å². The summed E-state index contributed by atoms with van der Waals surface area (Å²) in [6.07, 6.45) is 6.98. The predicted molar refractivity (Wildman–Crippen MR) is 44.6 cm³/mol. The van der Waals surface area contributed by atoms with Crippen molar-refractivity contribution in [2.75, 3.05) is 13.6 Å². The van der Waals surface area contributed by atoms with E-state index in [9.17, 15) is 0 Å². The third kappa shape index (κ3) is 1.98. The Balaban J connectivity index is 2.24. The average molecular weight is 140 g/mol. The number of hydrogen-bond acceptors (Lipinski definition) is 1. The summed E-state index contributed by atoms with van der Waals surface area (Å²) < 4.78 is 0. The van der Waals surface area contributed by atoms with Gasteiger partial charge < -0.3 is 0 Å². The Morgan fingerprint density at radius 3 is 2.30 bits per heavy atom. The average Bonchev–Trinajstić information content (AvgIpc) is 2.05. The van der Waals surface area contributed by atoms with E-state index < -0.39 is 0 Å². The van der Waals surface area contributed by atoms with E-state index in [1.807, 2.05) is 0 Å². The van der Waals surface area contributed by atoms with Crippen LogP contribution in [0.25, 0.3) is 0 Å². The van der Waals surface area contributed by atoms with E-state index in [-0.39, 0.29) is 0 Å². The van der Waals surface area contributed by atoms with Gasteiger partial charge in [0.25, 0.3) is 0 Å². The Bertz CT molecular complexity index is 84.7. The third-order valence-corrected chi connectivity index (χ3v) is 2.44. The highest BCUT2D eigenvalue weighted by atomic mass is 15.1. The minimum absolute atomic E-state index is 1.18. The molecule has 10 heavy (non-hydrogen) atoms. The van der Waals surface area contributed by atoms with Crippen LogP contribution in [0.5, 0.6) is 0 Å². The summed E-state index contributed by atoms with van der Waals surface area (Å²) in [5.41, 5.74) is 0. The molecule has 1 heteroatoms. The summed E-state index contributed by atoms with van der Waals surface area (Å²) >= 11 is 0. The zero-order chi connectivity index (χ0) is 7.40. The van der Waals surface area contributed by atoms with Gasteiger partial charge in [0.15, 0.2) is 0 Å². The highest BCUT2D eigenvalue weighted by Crippen LogP contribution is 2.27. The molecule has 1 nitrogen and oxygen atoms in total. The van der Waals surface area contributed by atoms with Crippen molar-refractivity contribution in [3.8, 4) is 0 Å². The van der Waals surface area contributed by atoms with Crippen molar-refractivity contribution in [3.05, 3.63) is 6.04 Å². The summed E-state index contributed by atoms with van der Waals surface area (Å²) in [6, 6.07) is 1.67. The molecule has 1 saturated carbocycles. The first-order chi connectivity index (χ1) is 4.84. The van der Waals surface area contributed by atoms with Crippen molar-refractivity contribution < 1.29 is 0 Å². The quantitative estimate of drug-likeness (QED) is 0.569. The van der Waals surface area contributed by atoms with Gasteiger partial charge in [-0.25, -0.2) is 0 Å². The summed E-state index contributed by atoms with van der Waals surface area (Å²) in [7, 11) is 2.21. The first-order valence-corrected chi connectivity index (χ1v) is 4.40. The van der Waals surface area contributed by atoms with Gasteiger partial charge in [0.05, 0.1) is 0 Å². The molecule has 0 atom stereocenters. The van der Waals surface area contributed by atoms with E-state index in [0.29, 0.717) is 0 Å². The van der Waals surface area contributed by atoms with Gasteiger partial charge in [0.1, 0.15) is 0 Å². The Morgan fingerprint density at radius 2 is 1.80 bits per heavy atom. The second kappa shape index (κ2) is 3.97. The van der Waals surface area contributed by atoms with Gasteiger partial charge in [-0.15, -0.1) is 0 Å². The third-order valence-electron chi connectivity index (χ3n) is 2.44. The van der Waals surface area contributed by atoms with Gasteiger partial charge in [0.2, 0.25) is 0 Å². The van der Waals surface area contributed by atoms with E-state index in [0.717, 1.165) is 0 Å². The minimum atomic E-state index is 1.18. The van der Waals surface area contributed by atoms with E-state index in [1.54, 1.807) is 6.04 Å². The van der Waals surface area contributed by atoms with Gasteiger partial charge >= 0.3 is 0 Å². The largest absolute Gasteiger partial charge is 0.299 e. The van der Waals surface area contributed by atoms with Crippen LogP contribution in [0.1, 0.15) is 39.0 Å². The highest BCUT2D eigenvalue weighted by Gasteiger charge is 2.16. The Morgan fingerprint density at radius 1 is 1.20 bits per heavy atom. The molecule has 1 fully saturated rings. The molecule has 0 spiro atoms. The monoisotopic (exact) mass is 140 g/mol. The fourth-order valence-electron chi connectivity index (χ4n) is 1.57. The summed E-state index contributed by atoms with van der Waals surface area (Å²) in [4.78, 5) is 2.40. The van der Waals surface area contributed by atoms with E-state index in [4.69, 9.17) is 0 Å². The lowest BCUT2D eigenvalue weighted by Gasteiger charge is -2.29. The van der Waals surface area contributed by atoms with Crippen molar-refractivity contribution in [1.82, 2.24) is 4.90 Å². The SMILES string of the molecule is CCN(C)[C]1CCCCC1. The summed E-state index contributed by atoms with van der Waals surface area (Å²) in [5, 5.41) is 0. The highest BCUT2D eigenvalue weighted by molar-refractivity contribution is 4.90. The first-order valence-electron chi connectivity index (χ1n) is 4.40. The van der Waals surface area contributed by atoms with Crippen LogP contribution >= 0.6 is 0 Å². The van der Waals surface area contributed by atoms with Crippen molar-refractivity contribution >= 4 is 0 Å². The van der Waals surface area contributed by atoms with Crippen LogP contribution in [-0.2, 0) is 0 Å². The topological polar surface area (TPSA) is 3.24 Å². The Labute approximate surface area is 64.4 Å². The lowest BCUT2D eigenvalue weighted by molar-refractivity contribution is 0.295. The first kappa shape index (κ1) is 8.06. The molecule has 1 aliphatic rings. The lowest BCUT2D eigenvalue weighted by Crippen LogP contribution is -2.25. The molecule has 0 saturated heterocycles. The molecule has 0 aromatic rings.